The molecule has 0 saturated heterocycles. The zero-order valence-corrected chi connectivity index (χ0v) is 10.4. The van der Waals surface area contributed by atoms with Crippen LogP contribution in [0.25, 0.3) is 11.3 Å². The first-order valence-electron chi connectivity index (χ1n) is 5.77. The predicted molar refractivity (Wildman–Crippen MR) is 67.1 cm³/mol. The summed E-state index contributed by atoms with van der Waals surface area (Å²) in [5.74, 6) is -0.956. The van der Waals surface area contributed by atoms with Crippen molar-refractivity contribution in [2.75, 3.05) is 12.3 Å². The molecule has 0 unspecified atom stereocenters. The molecule has 4 nitrogen and oxygen atoms in total. The Balaban J connectivity index is 2.47. The van der Waals surface area contributed by atoms with E-state index < -0.39 is 11.6 Å². The van der Waals surface area contributed by atoms with Crippen LogP contribution in [0.4, 0.5) is 14.6 Å². The summed E-state index contributed by atoms with van der Waals surface area (Å²) >= 11 is 0. The normalized spacial score (nSPS) is 10.7. The Morgan fingerprint density at radius 1 is 1.21 bits per heavy atom. The Labute approximate surface area is 109 Å². The minimum absolute atomic E-state index is 0.109. The maximum Gasteiger partial charge on any atom is 0.157 e. The third kappa shape index (κ3) is 3.03. The monoisotopic (exact) mass is 265 g/mol. The van der Waals surface area contributed by atoms with Crippen LogP contribution in [0, 0.1) is 11.6 Å². The van der Waals surface area contributed by atoms with Crippen molar-refractivity contribution in [1.82, 2.24) is 9.97 Å². The highest BCUT2D eigenvalue weighted by Crippen LogP contribution is 2.25. The number of nitrogens with zero attached hydrogens (tertiary/aromatic N) is 2. The lowest BCUT2D eigenvalue weighted by Crippen LogP contribution is -2.04. The van der Waals surface area contributed by atoms with Gasteiger partial charge in [0.15, 0.2) is 5.82 Å². The lowest BCUT2D eigenvalue weighted by molar-refractivity contribution is 0.128. The Bertz CT molecular complexity index is 570. The van der Waals surface area contributed by atoms with Gasteiger partial charge in [-0.05, 0) is 19.1 Å². The molecule has 0 fully saturated rings. The summed E-state index contributed by atoms with van der Waals surface area (Å²) in [7, 11) is 0. The average Bonchev–Trinajstić information content (AvgIpc) is 2.35. The number of benzene rings is 1. The van der Waals surface area contributed by atoms with Gasteiger partial charge in [-0.1, -0.05) is 6.07 Å². The third-order valence-corrected chi connectivity index (χ3v) is 2.45. The maximum absolute atomic E-state index is 13.7. The molecule has 0 saturated carbocycles. The number of rotatable bonds is 4. The van der Waals surface area contributed by atoms with Crippen molar-refractivity contribution in [1.29, 1.82) is 0 Å². The number of ether oxygens (including phenoxy) is 1. The van der Waals surface area contributed by atoms with E-state index in [4.69, 9.17) is 10.5 Å². The molecule has 2 N–H and O–H groups in total. The Kier molecular flexibility index (Phi) is 4.01. The maximum atomic E-state index is 13.7. The second-order valence-electron chi connectivity index (χ2n) is 3.83. The molecule has 2 aromatic rings. The summed E-state index contributed by atoms with van der Waals surface area (Å²) in [6.45, 7) is 2.45. The Hall–Kier alpha value is -2.08. The molecule has 1 heterocycles. The number of anilines is 1. The summed E-state index contributed by atoms with van der Waals surface area (Å²) in [4.78, 5) is 8.02. The van der Waals surface area contributed by atoms with Crippen molar-refractivity contribution >= 4 is 5.82 Å². The van der Waals surface area contributed by atoms with E-state index in [1.807, 2.05) is 6.92 Å². The standard InChI is InChI=1S/C13H13F2N3O/c1-2-19-7-12-17-10(6-11(16)18-12)13-8(14)4-3-5-9(13)15/h3-6H,2,7H2,1H3,(H2,16,17,18). The van der Waals surface area contributed by atoms with Gasteiger partial charge in [-0.3, -0.25) is 0 Å². The van der Waals surface area contributed by atoms with Crippen LogP contribution in [-0.4, -0.2) is 16.6 Å². The molecule has 0 aliphatic rings. The molecule has 0 atom stereocenters. The highest BCUT2D eigenvalue weighted by molar-refractivity contribution is 5.63. The van der Waals surface area contributed by atoms with Gasteiger partial charge in [0.05, 0.1) is 11.3 Å². The molecule has 100 valence electrons. The molecular formula is C13H13F2N3O. The van der Waals surface area contributed by atoms with E-state index in [9.17, 15) is 8.78 Å². The fourth-order valence-electron chi connectivity index (χ4n) is 1.65. The molecule has 1 aromatic carbocycles. The van der Waals surface area contributed by atoms with Gasteiger partial charge < -0.3 is 10.5 Å². The minimum Gasteiger partial charge on any atom is -0.384 e. The Morgan fingerprint density at radius 2 is 1.89 bits per heavy atom. The van der Waals surface area contributed by atoms with E-state index in [1.165, 1.54) is 24.3 Å². The van der Waals surface area contributed by atoms with Crippen LogP contribution in [0.2, 0.25) is 0 Å². The van der Waals surface area contributed by atoms with Gasteiger partial charge in [0.1, 0.15) is 24.1 Å². The smallest absolute Gasteiger partial charge is 0.157 e. The van der Waals surface area contributed by atoms with Crippen LogP contribution in [0.5, 0.6) is 0 Å². The molecule has 0 aliphatic heterocycles. The summed E-state index contributed by atoms with van der Waals surface area (Å²) in [5.41, 5.74) is 5.51. The fraction of sp³-hybridized carbons (Fsp3) is 0.231. The number of halogens is 2. The van der Waals surface area contributed by atoms with Crippen LogP contribution in [0.3, 0.4) is 0 Å². The van der Waals surface area contributed by atoms with Gasteiger partial charge in [-0.25, -0.2) is 18.7 Å². The molecule has 6 heteroatoms. The van der Waals surface area contributed by atoms with E-state index in [0.717, 1.165) is 0 Å². The SMILES string of the molecule is CCOCc1nc(N)cc(-c2c(F)cccc2F)n1. The molecule has 2 rings (SSSR count). The van der Waals surface area contributed by atoms with Gasteiger partial charge in [0.2, 0.25) is 0 Å². The summed E-state index contributed by atoms with van der Waals surface area (Å²) < 4.78 is 32.5. The van der Waals surface area contributed by atoms with Crippen molar-refractivity contribution in [2.45, 2.75) is 13.5 Å². The van der Waals surface area contributed by atoms with Gasteiger partial charge in [0.25, 0.3) is 0 Å². The van der Waals surface area contributed by atoms with Crippen LogP contribution in [0.1, 0.15) is 12.7 Å². The van der Waals surface area contributed by atoms with E-state index in [1.54, 1.807) is 0 Å². The molecule has 0 amide bonds. The van der Waals surface area contributed by atoms with Crippen molar-refractivity contribution in [3.8, 4) is 11.3 Å². The molecule has 1 aromatic heterocycles. The second kappa shape index (κ2) is 5.71. The van der Waals surface area contributed by atoms with Crippen LogP contribution < -0.4 is 5.73 Å². The zero-order chi connectivity index (χ0) is 13.8. The van der Waals surface area contributed by atoms with Crippen LogP contribution in [0.15, 0.2) is 24.3 Å². The first kappa shape index (κ1) is 13.4. The van der Waals surface area contributed by atoms with E-state index in [0.29, 0.717) is 12.4 Å². The predicted octanol–water partition coefficient (Wildman–Crippen LogP) is 2.54. The zero-order valence-electron chi connectivity index (χ0n) is 10.4. The lowest BCUT2D eigenvalue weighted by atomic mass is 10.1. The first-order valence-corrected chi connectivity index (χ1v) is 5.77. The number of hydrogen-bond donors (Lipinski definition) is 1. The second-order valence-corrected chi connectivity index (χ2v) is 3.83. The number of nitrogen functional groups attached to an aromatic ring is 1. The summed E-state index contributed by atoms with van der Waals surface area (Å²) in [5, 5.41) is 0. The molecule has 0 bridgehead atoms. The van der Waals surface area contributed by atoms with Crippen molar-refractivity contribution in [3.05, 3.63) is 41.7 Å². The third-order valence-electron chi connectivity index (χ3n) is 2.45. The van der Waals surface area contributed by atoms with E-state index in [-0.39, 0.29) is 23.7 Å². The lowest BCUT2D eigenvalue weighted by Gasteiger charge is -2.07. The molecule has 0 aliphatic carbocycles. The van der Waals surface area contributed by atoms with Crippen molar-refractivity contribution in [3.63, 3.8) is 0 Å². The van der Waals surface area contributed by atoms with Crippen LogP contribution >= 0.6 is 0 Å². The van der Waals surface area contributed by atoms with Crippen molar-refractivity contribution < 1.29 is 13.5 Å². The fourth-order valence-corrected chi connectivity index (χ4v) is 1.65. The molecule has 19 heavy (non-hydrogen) atoms. The largest absolute Gasteiger partial charge is 0.384 e. The average molecular weight is 265 g/mol. The molecule has 0 spiro atoms. The highest BCUT2D eigenvalue weighted by Gasteiger charge is 2.14. The number of nitrogens with two attached hydrogens (primary N) is 1. The van der Waals surface area contributed by atoms with E-state index >= 15 is 0 Å². The van der Waals surface area contributed by atoms with E-state index in [2.05, 4.69) is 9.97 Å². The highest BCUT2D eigenvalue weighted by atomic mass is 19.1. The van der Waals surface area contributed by atoms with Gasteiger partial charge in [-0.15, -0.1) is 0 Å². The van der Waals surface area contributed by atoms with Crippen molar-refractivity contribution in [2.24, 2.45) is 0 Å². The summed E-state index contributed by atoms with van der Waals surface area (Å²) in [6.07, 6.45) is 0. The number of aromatic nitrogens is 2. The topological polar surface area (TPSA) is 61.0 Å². The van der Waals surface area contributed by atoms with Gasteiger partial charge in [-0.2, -0.15) is 0 Å². The van der Waals surface area contributed by atoms with Crippen LogP contribution in [-0.2, 0) is 11.3 Å². The molecule has 0 radical (unpaired) electrons. The summed E-state index contributed by atoms with van der Waals surface area (Å²) in [6, 6.07) is 4.95. The molecular weight excluding hydrogens is 252 g/mol. The minimum atomic E-state index is -0.694. The van der Waals surface area contributed by atoms with Gasteiger partial charge >= 0.3 is 0 Å². The number of hydrogen-bond acceptors (Lipinski definition) is 4. The first-order chi connectivity index (χ1) is 9.11. The Morgan fingerprint density at radius 3 is 2.53 bits per heavy atom. The van der Waals surface area contributed by atoms with Gasteiger partial charge in [0, 0.05) is 12.7 Å². The quantitative estimate of drug-likeness (QED) is 0.922.